The maximum Gasteiger partial charge on any atom is 0.156 e. The topological polar surface area (TPSA) is 37.4 Å². The summed E-state index contributed by atoms with van der Waals surface area (Å²) in [5, 5.41) is 0. The van der Waals surface area contributed by atoms with Gasteiger partial charge in [-0.2, -0.15) is 0 Å². The van der Waals surface area contributed by atoms with Crippen LogP contribution in [0, 0.1) is 0 Å². The number of piperidine rings is 1. The van der Waals surface area contributed by atoms with Crippen LogP contribution < -0.4 is 0 Å². The van der Waals surface area contributed by atoms with E-state index in [9.17, 15) is 8.42 Å². The molecule has 0 aromatic heterocycles. The Kier molecular flexibility index (Phi) is 4.18. The van der Waals surface area contributed by atoms with Crippen LogP contribution in [0.25, 0.3) is 0 Å². The van der Waals surface area contributed by atoms with E-state index in [-0.39, 0.29) is 0 Å². The predicted molar refractivity (Wildman–Crippen MR) is 63.8 cm³/mol. The lowest BCUT2D eigenvalue weighted by Crippen LogP contribution is -2.38. The van der Waals surface area contributed by atoms with Gasteiger partial charge in [-0.05, 0) is 46.7 Å². The highest BCUT2D eigenvalue weighted by atomic mass is 32.2. The second kappa shape index (κ2) is 4.83. The summed E-state index contributed by atoms with van der Waals surface area (Å²) in [4.78, 5) is 2.27. The lowest BCUT2D eigenvalue weighted by molar-refractivity contribution is 0.240. The minimum atomic E-state index is -2.94. The molecule has 90 valence electrons. The molecule has 0 radical (unpaired) electrons. The van der Waals surface area contributed by atoms with E-state index >= 15 is 0 Å². The lowest BCUT2D eigenvalue weighted by atomic mass is 10.1. The molecule has 0 bridgehead atoms. The molecule has 1 rings (SSSR count). The molecule has 0 unspecified atom stereocenters. The Bertz CT molecular complexity index is 284. The Labute approximate surface area is 93.8 Å². The molecule has 1 aliphatic heterocycles. The standard InChI is InChI=1S/C11H23NO2S/c1-11(2,3)15(13,14)10-9-12-7-5-4-6-8-12/h4-10H2,1-3H3. The van der Waals surface area contributed by atoms with Crippen molar-refractivity contribution in [2.45, 2.75) is 44.8 Å². The zero-order chi connectivity index (χ0) is 11.5. The summed E-state index contributed by atoms with van der Waals surface area (Å²) in [6, 6.07) is 0. The van der Waals surface area contributed by atoms with Gasteiger partial charge in [-0.3, -0.25) is 0 Å². The van der Waals surface area contributed by atoms with Crippen molar-refractivity contribution >= 4 is 9.84 Å². The molecular weight excluding hydrogens is 210 g/mol. The third kappa shape index (κ3) is 3.76. The van der Waals surface area contributed by atoms with Crippen LogP contribution in [0.3, 0.4) is 0 Å². The maximum atomic E-state index is 11.9. The average molecular weight is 233 g/mol. The third-order valence-electron chi connectivity index (χ3n) is 3.06. The predicted octanol–water partition coefficient (Wildman–Crippen LogP) is 1.69. The smallest absolute Gasteiger partial charge is 0.156 e. The van der Waals surface area contributed by atoms with E-state index in [0.717, 1.165) is 13.1 Å². The van der Waals surface area contributed by atoms with Crippen molar-refractivity contribution in [1.82, 2.24) is 4.90 Å². The monoisotopic (exact) mass is 233 g/mol. The first-order valence-corrected chi connectivity index (χ1v) is 7.43. The first-order valence-electron chi connectivity index (χ1n) is 5.77. The summed E-state index contributed by atoms with van der Waals surface area (Å²) in [5.74, 6) is 0.302. The number of likely N-dealkylation sites (tertiary alicyclic amines) is 1. The summed E-state index contributed by atoms with van der Waals surface area (Å²) in [7, 11) is -2.94. The van der Waals surface area contributed by atoms with Gasteiger partial charge in [-0.1, -0.05) is 6.42 Å². The van der Waals surface area contributed by atoms with E-state index < -0.39 is 14.6 Å². The Morgan fingerprint density at radius 1 is 1.07 bits per heavy atom. The molecule has 1 fully saturated rings. The van der Waals surface area contributed by atoms with E-state index in [2.05, 4.69) is 4.90 Å². The van der Waals surface area contributed by atoms with Crippen molar-refractivity contribution in [3.05, 3.63) is 0 Å². The van der Waals surface area contributed by atoms with Gasteiger partial charge in [0.15, 0.2) is 9.84 Å². The SMILES string of the molecule is CC(C)(C)S(=O)(=O)CCN1CCCCC1. The molecule has 4 heteroatoms. The van der Waals surface area contributed by atoms with Gasteiger partial charge < -0.3 is 4.90 Å². The highest BCUT2D eigenvalue weighted by Crippen LogP contribution is 2.17. The molecule has 0 aromatic rings. The molecule has 1 heterocycles. The number of hydrogen-bond acceptors (Lipinski definition) is 3. The van der Waals surface area contributed by atoms with Crippen LogP contribution in [0.2, 0.25) is 0 Å². The molecular formula is C11H23NO2S. The van der Waals surface area contributed by atoms with Crippen LogP contribution in [0.15, 0.2) is 0 Å². The Morgan fingerprint density at radius 3 is 2.07 bits per heavy atom. The van der Waals surface area contributed by atoms with Gasteiger partial charge in [0.1, 0.15) is 0 Å². The Hall–Kier alpha value is -0.0900. The number of rotatable bonds is 3. The summed E-state index contributed by atoms with van der Waals surface area (Å²) in [6.07, 6.45) is 3.73. The van der Waals surface area contributed by atoms with Gasteiger partial charge in [0.05, 0.1) is 10.5 Å². The minimum absolute atomic E-state index is 0.302. The summed E-state index contributed by atoms with van der Waals surface area (Å²) in [5.41, 5.74) is 0. The van der Waals surface area contributed by atoms with E-state index in [1.165, 1.54) is 19.3 Å². The maximum absolute atomic E-state index is 11.9. The fraction of sp³-hybridized carbons (Fsp3) is 1.00. The van der Waals surface area contributed by atoms with Crippen molar-refractivity contribution in [2.24, 2.45) is 0 Å². The molecule has 0 saturated carbocycles. The van der Waals surface area contributed by atoms with Crippen LogP contribution in [0.5, 0.6) is 0 Å². The Morgan fingerprint density at radius 2 is 1.60 bits per heavy atom. The zero-order valence-electron chi connectivity index (χ0n) is 10.1. The minimum Gasteiger partial charge on any atom is -0.302 e. The molecule has 0 amide bonds. The molecule has 0 aromatic carbocycles. The number of hydrogen-bond donors (Lipinski definition) is 0. The summed E-state index contributed by atoms with van der Waals surface area (Å²) in [6.45, 7) is 8.18. The van der Waals surface area contributed by atoms with E-state index in [0.29, 0.717) is 12.3 Å². The lowest BCUT2D eigenvalue weighted by Gasteiger charge is -2.28. The van der Waals surface area contributed by atoms with Crippen LogP contribution in [0.4, 0.5) is 0 Å². The normalized spacial score (nSPS) is 20.5. The van der Waals surface area contributed by atoms with Gasteiger partial charge >= 0.3 is 0 Å². The molecule has 0 spiro atoms. The van der Waals surface area contributed by atoms with Crippen molar-refractivity contribution in [1.29, 1.82) is 0 Å². The fourth-order valence-electron chi connectivity index (χ4n) is 1.74. The first kappa shape index (κ1) is 13.0. The Balaban J connectivity index is 2.42. The van der Waals surface area contributed by atoms with Gasteiger partial charge in [0.2, 0.25) is 0 Å². The molecule has 0 N–H and O–H groups in total. The molecule has 1 saturated heterocycles. The van der Waals surface area contributed by atoms with Crippen molar-refractivity contribution < 1.29 is 8.42 Å². The zero-order valence-corrected chi connectivity index (χ0v) is 10.9. The first-order chi connectivity index (χ1) is 6.83. The van der Waals surface area contributed by atoms with Crippen LogP contribution in [0.1, 0.15) is 40.0 Å². The van der Waals surface area contributed by atoms with Gasteiger partial charge in [0, 0.05) is 6.54 Å². The van der Waals surface area contributed by atoms with Crippen LogP contribution >= 0.6 is 0 Å². The van der Waals surface area contributed by atoms with Gasteiger partial charge in [-0.25, -0.2) is 8.42 Å². The van der Waals surface area contributed by atoms with Crippen molar-refractivity contribution in [2.75, 3.05) is 25.4 Å². The van der Waals surface area contributed by atoms with Gasteiger partial charge in [-0.15, -0.1) is 0 Å². The van der Waals surface area contributed by atoms with Gasteiger partial charge in [0.25, 0.3) is 0 Å². The largest absolute Gasteiger partial charge is 0.302 e. The number of sulfone groups is 1. The molecule has 0 aliphatic carbocycles. The highest BCUT2D eigenvalue weighted by molar-refractivity contribution is 7.92. The third-order valence-corrected chi connectivity index (χ3v) is 5.64. The quantitative estimate of drug-likeness (QED) is 0.744. The van der Waals surface area contributed by atoms with Crippen LogP contribution in [-0.2, 0) is 9.84 Å². The van der Waals surface area contributed by atoms with Crippen molar-refractivity contribution in [3.63, 3.8) is 0 Å². The fourth-order valence-corrected chi connectivity index (χ4v) is 2.85. The van der Waals surface area contributed by atoms with E-state index in [1.54, 1.807) is 20.8 Å². The second-order valence-corrected chi connectivity index (χ2v) is 8.20. The van der Waals surface area contributed by atoms with E-state index in [4.69, 9.17) is 0 Å². The highest BCUT2D eigenvalue weighted by Gasteiger charge is 2.29. The molecule has 15 heavy (non-hydrogen) atoms. The summed E-state index contributed by atoms with van der Waals surface area (Å²) >= 11 is 0. The molecule has 3 nitrogen and oxygen atoms in total. The van der Waals surface area contributed by atoms with Crippen LogP contribution in [-0.4, -0.2) is 43.5 Å². The van der Waals surface area contributed by atoms with E-state index in [1.807, 2.05) is 0 Å². The number of nitrogens with zero attached hydrogens (tertiary/aromatic N) is 1. The summed E-state index contributed by atoms with van der Waals surface area (Å²) < 4.78 is 23.1. The molecule has 0 atom stereocenters. The second-order valence-electron chi connectivity index (χ2n) is 5.33. The average Bonchev–Trinajstić information content (AvgIpc) is 2.15. The van der Waals surface area contributed by atoms with Crippen molar-refractivity contribution in [3.8, 4) is 0 Å². The molecule has 1 aliphatic rings.